The predicted octanol–water partition coefficient (Wildman–Crippen LogP) is 4.64. The summed E-state index contributed by atoms with van der Waals surface area (Å²) < 4.78 is 5.61. The van der Waals surface area contributed by atoms with Crippen LogP contribution in [0.25, 0.3) is 0 Å². The summed E-state index contributed by atoms with van der Waals surface area (Å²) in [5.74, 6) is -0.325. The van der Waals surface area contributed by atoms with Crippen molar-refractivity contribution in [1.82, 2.24) is 5.32 Å². The summed E-state index contributed by atoms with van der Waals surface area (Å²) >= 11 is 6.05. The molecular weight excluding hydrogens is 400 g/mol. The van der Waals surface area contributed by atoms with Gasteiger partial charge in [-0.3, -0.25) is 9.59 Å². The first-order valence-corrected chi connectivity index (χ1v) is 10.0. The molecule has 0 spiro atoms. The number of carbonyl (C=O) groups is 2. The van der Waals surface area contributed by atoms with Gasteiger partial charge in [-0.2, -0.15) is 0 Å². The molecule has 0 atom stereocenters. The van der Waals surface area contributed by atoms with E-state index in [4.69, 9.17) is 16.3 Å². The molecule has 0 fully saturated rings. The second kappa shape index (κ2) is 10.5. The van der Waals surface area contributed by atoms with Crippen molar-refractivity contribution in [3.8, 4) is 5.75 Å². The van der Waals surface area contributed by atoms with Gasteiger partial charge in [0.2, 0.25) is 0 Å². The van der Waals surface area contributed by atoms with Crippen LogP contribution in [-0.4, -0.2) is 25.0 Å². The molecule has 0 saturated heterocycles. The van der Waals surface area contributed by atoms with E-state index in [1.807, 2.05) is 49.4 Å². The SMILES string of the molecule is Cc1ccccc1CCNC(=O)COc1ccc(Cl)cc1C(=O)Nc1ccccc1. The molecule has 154 valence electrons. The normalized spacial score (nSPS) is 10.3. The zero-order valence-corrected chi connectivity index (χ0v) is 17.4. The number of para-hydroxylation sites is 1. The number of aryl methyl sites for hydroxylation is 1. The molecule has 0 aliphatic carbocycles. The number of carbonyl (C=O) groups excluding carboxylic acids is 2. The second-order valence-corrected chi connectivity index (χ2v) is 7.21. The van der Waals surface area contributed by atoms with Gasteiger partial charge in [0.05, 0.1) is 5.56 Å². The quantitative estimate of drug-likeness (QED) is 0.555. The Hall–Kier alpha value is -3.31. The number of ether oxygens (including phenoxy) is 1. The molecule has 2 amide bonds. The lowest BCUT2D eigenvalue weighted by Crippen LogP contribution is -2.31. The molecule has 5 nitrogen and oxygen atoms in total. The number of anilines is 1. The number of nitrogens with one attached hydrogen (secondary N) is 2. The monoisotopic (exact) mass is 422 g/mol. The molecule has 0 heterocycles. The van der Waals surface area contributed by atoms with Crippen molar-refractivity contribution < 1.29 is 14.3 Å². The first-order chi connectivity index (χ1) is 14.5. The Kier molecular flexibility index (Phi) is 7.46. The van der Waals surface area contributed by atoms with Crippen LogP contribution in [-0.2, 0) is 11.2 Å². The van der Waals surface area contributed by atoms with Crippen LogP contribution in [0.5, 0.6) is 5.75 Å². The van der Waals surface area contributed by atoms with E-state index in [2.05, 4.69) is 10.6 Å². The second-order valence-electron chi connectivity index (χ2n) is 6.78. The van der Waals surface area contributed by atoms with Crippen molar-refractivity contribution in [2.24, 2.45) is 0 Å². The summed E-state index contributed by atoms with van der Waals surface area (Å²) in [6.07, 6.45) is 0.740. The fourth-order valence-corrected chi connectivity index (χ4v) is 3.12. The maximum Gasteiger partial charge on any atom is 0.259 e. The highest BCUT2D eigenvalue weighted by atomic mass is 35.5. The van der Waals surface area contributed by atoms with Crippen LogP contribution in [0.15, 0.2) is 72.8 Å². The molecule has 3 aromatic carbocycles. The van der Waals surface area contributed by atoms with Gasteiger partial charge in [-0.05, 0) is 54.8 Å². The largest absolute Gasteiger partial charge is 0.483 e. The first kappa shape index (κ1) is 21.4. The minimum atomic E-state index is -0.362. The zero-order valence-electron chi connectivity index (χ0n) is 16.7. The van der Waals surface area contributed by atoms with Crippen LogP contribution in [0.2, 0.25) is 5.02 Å². The van der Waals surface area contributed by atoms with E-state index in [9.17, 15) is 9.59 Å². The number of benzene rings is 3. The van der Waals surface area contributed by atoms with E-state index in [1.165, 1.54) is 17.2 Å². The van der Waals surface area contributed by atoms with Crippen molar-refractivity contribution >= 4 is 29.1 Å². The number of hydrogen-bond donors (Lipinski definition) is 2. The number of hydrogen-bond acceptors (Lipinski definition) is 3. The predicted molar refractivity (Wildman–Crippen MR) is 119 cm³/mol. The maximum absolute atomic E-state index is 12.6. The molecule has 0 radical (unpaired) electrons. The van der Waals surface area contributed by atoms with Crippen molar-refractivity contribution in [2.45, 2.75) is 13.3 Å². The van der Waals surface area contributed by atoms with Gasteiger partial charge in [0.25, 0.3) is 11.8 Å². The van der Waals surface area contributed by atoms with Crippen LogP contribution in [0.3, 0.4) is 0 Å². The molecule has 0 aliphatic rings. The number of amides is 2. The Morgan fingerprint density at radius 3 is 2.47 bits per heavy atom. The van der Waals surface area contributed by atoms with Crippen molar-refractivity contribution in [3.63, 3.8) is 0 Å². The third kappa shape index (κ3) is 6.09. The van der Waals surface area contributed by atoms with E-state index in [1.54, 1.807) is 24.3 Å². The van der Waals surface area contributed by atoms with Crippen LogP contribution < -0.4 is 15.4 Å². The highest BCUT2D eigenvalue weighted by Crippen LogP contribution is 2.24. The van der Waals surface area contributed by atoms with Gasteiger partial charge in [0, 0.05) is 17.3 Å². The van der Waals surface area contributed by atoms with Crippen molar-refractivity contribution in [2.75, 3.05) is 18.5 Å². The minimum absolute atomic E-state index is 0.193. The average Bonchev–Trinajstić information content (AvgIpc) is 2.75. The van der Waals surface area contributed by atoms with E-state index in [-0.39, 0.29) is 24.0 Å². The third-order valence-electron chi connectivity index (χ3n) is 4.55. The fourth-order valence-electron chi connectivity index (χ4n) is 2.95. The molecule has 3 aromatic rings. The molecule has 2 N–H and O–H groups in total. The van der Waals surface area contributed by atoms with Gasteiger partial charge in [-0.25, -0.2) is 0 Å². The minimum Gasteiger partial charge on any atom is -0.483 e. The molecule has 30 heavy (non-hydrogen) atoms. The molecule has 3 rings (SSSR count). The van der Waals surface area contributed by atoms with Crippen LogP contribution in [0.4, 0.5) is 5.69 Å². The highest BCUT2D eigenvalue weighted by molar-refractivity contribution is 6.31. The smallest absolute Gasteiger partial charge is 0.259 e. The summed E-state index contributed by atoms with van der Waals surface area (Å²) in [6.45, 7) is 2.36. The van der Waals surface area contributed by atoms with Crippen molar-refractivity contribution in [1.29, 1.82) is 0 Å². The lowest BCUT2D eigenvalue weighted by molar-refractivity contribution is -0.123. The molecule has 0 saturated carbocycles. The fraction of sp³-hybridized carbons (Fsp3) is 0.167. The third-order valence-corrected chi connectivity index (χ3v) is 4.79. The zero-order chi connectivity index (χ0) is 21.3. The summed E-state index contributed by atoms with van der Waals surface area (Å²) in [5.41, 5.74) is 3.30. The van der Waals surface area contributed by atoms with E-state index in [0.29, 0.717) is 23.0 Å². The van der Waals surface area contributed by atoms with Gasteiger partial charge in [-0.15, -0.1) is 0 Å². The Morgan fingerprint density at radius 1 is 0.967 bits per heavy atom. The Morgan fingerprint density at radius 2 is 1.70 bits per heavy atom. The van der Waals surface area contributed by atoms with Gasteiger partial charge < -0.3 is 15.4 Å². The molecule has 0 aromatic heterocycles. The van der Waals surface area contributed by atoms with E-state index in [0.717, 1.165) is 6.42 Å². The summed E-state index contributed by atoms with van der Waals surface area (Å²) in [7, 11) is 0. The molecule has 6 heteroatoms. The molecule has 0 aliphatic heterocycles. The standard InChI is InChI=1S/C24H23ClN2O3/c1-17-7-5-6-8-18(17)13-14-26-23(28)16-30-22-12-11-19(25)15-21(22)24(29)27-20-9-3-2-4-10-20/h2-12,15H,13-14,16H2,1H3,(H,26,28)(H,27,29). The van der Waals surface area contributed by atoms with Gasteiger partial charge in [-0.1, -0.05) is 54.1 Å². The van der Waals surface area contributed by atoms with Gasteiger partial charge in [0.1, 0.15) is 5.75 Å². The lowest BCUT2D eigenvalue weighted by Gasteiger charge is -2.13. The van der Waals surface area contributed by atoms with Crippen molar-refractivity contribution in [3.05, 3.63) is 94.5 Å². The summed E-state index contributed by atoms with van der Waals surface area (Å²) in [5, 5.41) is 6.04. The average molecular weight is 423 g/mol. The van der Waals surface area contributed by atoms with Crippen LogP contribution >= 0.6 is 11.6 Å². The summed E-state index contributed by atoms with van der Waals surface area (Å²) in [6, 6.07) is 21.9. The topological polar surface area (TPSA) is 67.4 Å². The Balaban J connectivity index is 1.56. The Bertz CT molecular complexity index is 1020. The Labute approximate surface area is 181 Å². The van der Waals surface area contributed by atoms with Crippen LogP contribution in [0.1, 0.15) is 21.5 Å². The lowest BCUT2D eigenvalue weighted by atomic mass is 10.1. The molecule has 0 unspecified atom stereocenters. The molecule has 0 bridgehead atoms. The maximum atomic E-state index is 12.6. The molecular formula is C24H23ClN2O3. The van der Waals surface area contributed by atoms with E-state index < -0.39 is 0 Å². The first-order valence-electron chi connectivity index (χ1n) is 9.63. The summed E-state index contributed by atoms with van der Waals surface area (Å²) in [4.78, 5) is 24.8. The van der Waals surface area contributed by atoms with Crippen LogP contribution in [0, 0.1) is 6.92 Å². The number of rotatable bonds is 8. The number of halogens is 1. The van der Waals surface area contributed by atoms with Gasteiger partial charge >= 0.3 is 0 Å². The van der Waals surface area contributed by atoms with E-state index >= 15 is 0 Å². The van der Waals surface area contributed by atoms with Gasteiger partial charge in [0.15, 0.2) is 6.61 Å². The highest BCUT2D eigenvalue weighted by Gasteiger charge is 2.15.